The smallest absolute Gasteiger partial charge is 0.235 e. The molecule has 2 atom stereocenters. The molecular weight excluding hydrogens is 483 g/mol. The number of hydrogen-bond acceptors (Lipinski definition) is 3. The Kier molecular flexibility index (Phi) is 4.89. The van der Waals surface area contributed by atoms with Crippen LogP contribution in [0.15, 0.2) is 72.8 Å². The summed E-state index contributed by atoms with van der Waals surface area (Å²) in [6.45, 7) is 1.90. The second kappa shape index (κ2) is 7.67. The molecule has 0 unspecified atom stereocenters. The normalized spacial score (nSPS) is 27.9. The van der Waals surface area contributed by atoms with E-state index in [9.17, 15) is 14.4 Å². The average molecular weight is 505 g/mol. The predicted molar refractivity (Wildman–Crippen MR) is 134 cm³/mol. The van der Waals surface area contributed by atoms with Crippen molar-refractivity contribution in [3.63, 3.8) is 0 Å². The Balaban J connectivity index is 1.35. The largest absolute Gasteiger partial charge is 0.326 e. The molecule has 1 heterocycles. The molecule has 3 aromatic carbocycles. The Labute approximate surface area is 213 Å². The summed E-state index contributed by atoms with van der Waals surface area (Å²) < 4.78 is 0. The van der Waals surface area contributed by atoms with E-state index in [1.54, 1.807) is 6.07 Å². The summed E-state index contributed by atoms with van der Waals surface area (Å²) in [6.07, 6.45) is -0.0185. The maximum absolute atomic E-state index is 13.8. The number of hydrogen-bond donors (Lipinski definition) is 1. The number of nitrogens with one attached hydrogen (secondary N) is 1. The molecule has 5 nitrogen and oxygen atoms in total. The van der Waals surface area contributed by atoms with Crippen LogP contribution in [0.5, 0.6) is 0 Å². The van der Waals surface area contributed by atoms with Crippen LogP contribution in [0.25, 0.3) is 0 Å². The maximum Gasteiger partial charge on any atom is 0.235 e. The van der Waals surface area contributed by atoms with Gasteiger partial charge < -0.3 is 5.32 Å². The minimum atomic E-state index is -1.21. The first-order valence-electron chi connectivity index (χ1n) is 11.6. The number of rotatable bonds is 4. The van der Waals surface area contributed by atoms with Crippen LogP contribution in [-0.4, -0.2) is 29.2 Å². The molecule has 4 aliphatic rings. The molecule has 7 heteroatoms. The zero-order valence-corrected chi connectivity index (χ0v) is 20.4. The number of carbonyl (C=O) groups is 3. The van der Waals surface area contributed by atoms with Gasteiger partial charge in [0.1, 0.15) is 9.75 Å². The number of likely N-dealkylation sites (tertiary alicyclic amines) is 1. The second-order valence-corrected chi connectivity index (χ2v) is 10.7. The summed E-state index contributed by atoms with van der Waals surface area (Å²) in [7, 11) is 0. The topological polar surface area (TPSA) is 66.5 Å². The van der Waals surface area contributed by atoms with E-state index in [0.29, 0.717) is 5.69 Å². The van der Waals surface area contributed by atoms with Gasteiger partial charge in [-0.3, -0.25) is 19.3 Å². The number of nitrogens with zero attached hydrogens (tertiary/aromatic N) is 1. The first-order valence-corrected chi connectivity index (χ1v) is 12.3. The molecule has 3 aliphatic carbocycles. The van der Waals surface area contributed by atoms with Gasteiger partial charge in [0.25, 0.3) is 0 Å². The van der Waals surface area contributed by atoms with Crippen molar-refractivity contribution in [1.82, 2.24) is 4.90 Å². The van der Waals surface area contributed by atoms with Crippen molar-refractivity contribution in [2.75, 3.05) is 11.9 Å². The highest BCUT2D eigenvalue weighted by Crippen LogP contribution is 2.69. The molecule has 7 rings (SSSR count). The SMILES string of the molecule is Cc1cccc(NC(=O)CCN2C(=O)[C@@H]3[C@@H](C2=O)C2(Cl)c4ccccc4C3(Cl)c3ccccc32)c1. The van der Waals surface area contributed by atoms with Crippen LogP contribution in [0.1, 0.15) is 34.2 Å². The Morgan fingerprint density at radius 2 is 1.31 bits per heavy atom. The van der Waals surface area contributed by atoms with Gasteiger partial charge in [-0.2, -0.15) is 0 Å². The average Bonchev–Trinajstić information content (AvgIpc) is 3.12. The van der Waals surface area contributed by atoms with Crippen LogP contribution in [0, 0.1) is 18.8 Å². The van der Waals surface area contributed by atoms with E-state index in [-0.39, 0.29) is 30.7 Å². The predicted octanol–water partition coefficient (Wildman–Crippen LogP) is 4.92. The third-order valence-electron chi connectivity index (χ3n) is 7.54. The van der Waals surface area contributed by atoms with Crippen LogP contribution < -0.4 is 5.32 Å². The van der Waals surface area contributed by atoms with Crippen LogP contribution in [0.3, 0.4) is 0 Å². The van der Waals surface area contributed by atoms with Gasteiger partial charge >= 0.3 is 0 Å². The summed E-state index contributed by atoms with van der Waals surface area (Å²) >= 11 is 14.8. The van der Waals surface area contributed by atoms with E-state index in [4.69, 9.17) is 23.2 Å². The molecule has 35 heavy (non-hydrogen) atoms. The van der Waals surface area contributed by atoms with Gasteiger partial charge in [0.05, 0.1) is 11.8 Å². The summed E-state index contributed by atoms with van der Waals surface area (Å²) in [6, 6.07) is 22.5. The number of halogens is 2. The molecule has 0 aromatic heterocycles. The molecule has 1 aliphatic heterocycles. The van der Waals surface area contributed by atoms with Crippen LogP contribution >= 0.6 is 23.2 Å². The molecule has 1 fully saturated rings. The summed E-state index contributed by atoms with van der Waals surface area (Å²) in [5.74, 6) is -2.74. The first kappa shape index (κ1) is 22.3. The standard InChI is InChI=1S/C28H22Cl2N2O3/c1-16-7-6-8-17(15-16)31-22(33)13-14-32-25(34)23-24(26(32)35)28(30)19-10-3-2-9-18(19)27(23,29)20-11-4-5-12-21(20)28/h2-12,15,23-24H,13-14H2,1H3,(H,31,33)/t23-,24-,27?,28?/m0/s1. The van der Waals surface area contributed by atoms with Gasteiger partial charge in [-0.05, 0) is 46.9 Å². The number of aryl methyl sites for hydroxylation is 1. The Morgan fingerprint density at radius 1 is 0.829 bits per heavy atom. The fourth-order valence-electron chi connectivity index (χ4n) is 6.10. The van der Waals surface area contributed by atoms with Crippen molar-refractivity contribution in [2.45, 2.75) is 23.1 Å². The summed E-state index contributed by atoms with van der Waals surface area (Å²) in [5, 5.41) is 2.83. The maximum atomic E-state index is 13.8. The Hall–Kier alpha value is -3.15. The Bertz CT molecular complexity index is 1300. The number of amides is 3. The molecule has 2 bridgehead atoms. The molecule has 3 amide bonds. The van der Waals surface area contributed by atoms with Gasteiger partial charge in [-0.25, -0.2) is 0 Å². The number of anilines is 1. The first-order chi connectivity index (χ1) is 16.8. The minimum absolute atomic E-state index is 0.0185. The lowest BCUT2D eigenvalue weighted by molar-refractivity contribution is -0.140. The van der Waals surface area contributed by atoms with Gasteiger partial charge in [-0.15, -0.1) is 23.2 Å². The van der Waals surface area contributed by atoms with Crippen molar-refractivity contribution < 1.29 is 14.4 Å². The molecule has 1 saturated heterocycles. The molecule has 0 saturated carbocycles. The number of alkyl halides is 2. The Morgan fingerprint density at radius 3 is 1.77 bits per heavy atom. The highest BCUT2D eigenvalue weighted by atomic mass is 35.5. The monoisotopic (exact) mass is 504 g/mol. The van der Waals surface area contributed by atoms with E-state index in [1.807, 2.05) is 73.7 Å². The molecule has 1 N–H and O–H groups in total. The quantitative estimate of drug-likeness (QED) is 0.405. The minimum Gasteiger partial charge on any atom is -0.326 e. The molecule has 176 valence electrons. The highest BCUT2D eigenvalue weighted by molar-refractivity contribution is 6.36. The summed E-state index contributed by atoms with van der Waals surface area (Å²) in [4.78, 5) is 38.9. The fourth-order valence-corrected chi connectivity index (χ4v) is 7.20. The third-order valence-corrected chi connectivity index (χ3v) is 8.83. The van der Waals surface area contributed by atoms with E-state index in [1.165, 1.54) is 4.90 Å². The van der Waals surface area contributed by atoms with Crippen LogP contribution in [-0.2, 0) is 24.1 Å². The molecular formula is C28H22Cl2N2O3. The van der Waals surface area contributed by atoms with Crippen molar-refractivity contribution in [3.05, 3.63) is 101 Å². The zero-order valence-electron chi connectivity index (χ0n) is 18.9. The van der Waals surface area contributed by atoms with Gasteiger partial charge in [0.2, 0.25) is 17.7 Å². The molecule has 0 spiro atoms. The van der Waals surface area contributed by atoms with Gasteiger partial charge in [0, 0.05) is 18.7 Å². The van der Waals surface area contributed by atoms with E-state index in [2.05, 4.69) is 5.32 Å². The number of benzene rings is 3. The lowest BCUT2D eigenvalue weighted by Gasteiger charge is -2.54. The second-order valence-electron chi connectivity index (χ2n) is 9.47. The van der Waals surface area contributed by atoms with Crippen molar-refractivity contribution in [3.8, 4) is 0 Å². The number of imide groups is 1. The number of carbonyl (C=O) groups excluding carboxylic acids is 3. The van der Waals surface area contributed by atoms with E-state index >= 15 is 0 Å². The van der Waals surface area contributed by atoms with Gasteiger partial charge in [-0.1, -0.05) is 60.7 Å². The summed E-state index contributed by atoms with van der Waals surface area (Å²) in [5.41, 5.74) is 4.74. The van der Waals surface area contributed by atoms with Crippen molar-refractivity contribution in [1.29, 1.82) is 0 Å². The van der Waals surface area contributed by atoms with Crippen LogP contribution in [0.4, 0.5) is 5.69 Å². The fraction of sp³-hybridized carbons (Fsp3) is 0.250. The molecule has 0 radical (unpaired) electrons. The van der Waals surface area contributed by atoms with Crippen molar-refractivity contribution in [2.24, 2.45) is 11.8 Å². The van der Waals surface area contributed by atoms with E-state index < -0.39 is 21.6 Å². The lowest BCUT2D eigenvalue weighted by atomic mass is 9.54. The highest BCUT2D eigenvalue weighted by Gasteiger charge is 2.72. The van der Waals surface area contributed by atoms with E-state index in [0.717, 1.165) is 27.8 Å². The van der Waals surface area contributed by atoms with Crippen molar-refractivity contribution >= 4 is 46.6 Å². The third kappa shape index (κ3) is 2.92. The lowest BCUT2D eigenvalue weighted by Crippen LogP contribution is -2.57. The zero-order chi connectivity index (χ0) is 24.5. The van der Waals surface area contributed by atoms with Crippen LogP contribution in [0.2, 0.25) is 0 Å². The van der Waals surface area contributed by atoms with Gasteiger partial charge in [0.15, 0.2) is 0 Å². The molecule has 3 aromatic rings.